The standard InChI is InChI=1S/C21H31N3O3/c1-3-16(4-2)20(23-12-14-27-15-13-23)21(26)22-17-7-9-18(10-8-17)24-11-5-6-19(24)25/h7-10,16,20H,3-6,11-15H2,1-2H3,(H,22,26). The summed E-state index contributed by atoms with van der Waals surface area (Å²) in [5.74, 6) is 0.549. The Hall–Kier alpha value is -1.92. The zero-order valence-corrected chi connectivity index (χ0v) is 16.4. The first-order chi connectivity index (χ1) is 13.1. The normalized spacial score (nSPS) is 19.5. The molecule has 0 saturated carbocycles. The van der Waals surface area contributed by atoms with E-state index < -0.39 is 0 Å². The average molecular weight is 373 g/mol. The minimum Gasteiger partial charge on any atom is -0.379 e. The van der Waals surface area contributed by atoms with Crippen molar-refractivity contribution in [3.05, 3.63) is 24.3 Å². The van der Waals surface area contributed by atoms with Gasteiger partial charge in [0.05, 0.1) is 19.3 Å². The molecule has 2 aliphatic heterocycles. The molecule has 0 bridgehead atoms. The number of hydrogen-bond donors (Lipinski definition) is 1. The van der Waals surface area contributed by atoms with E-state index in [4.69, 9.17) is 4.74 Å². The van der Waals surface area contributed by atoms with Gasteiger partial charge in [0, 0.05) is 37.4 Å². The second-order valence-electron chi connectivity index (χ2n) is 7.35. The summed E-state index contributed by atoms with van der Waals surface area (Å²) in [5, 5.41) is 3.09. The van der Waals surface area contributed by atoms with E-state index in [0.29, 0.717) is 25.6 Å². The van der Waals surface area contributed by atoms with Gasteiger partial charge in [-0.15, -0.1) is 0 Å². The number of rotatable bonds is 7. The van der Waals surface area contributed by atoms with Crippen LogP contribution in [0, 0.1) is 5.92 Å². The first-order valence-corrected chi connectivity index (χ1v) is 10.2. The second-order valence-corrected chi connectivity index (χ2v) is 7.35. The summed E-state index contributed by atoms with van der Waals surface area (Å²) in [5.41, 5.74) is 1.68. The van der Waals surface area contributed by atoms with E-state index in [1.54, 1.807) is 0 Å². The van der Waals surface area contributed by atoms with Crippen LogP contribution in [0.25, 0.3) is 0 Å². The Balaban J connectivity index is 1.69. The molecule has 2 saturated heterocycles. The van der Waals surface area contributed by atoms with Crippen molar-refractivity contribution >= 4 is 23.2 Å². The lowest BCUT2D eigenvalue weighted by Gasteiger charge is -2.37. The minimum absolute atomic E-state index is 0.0515. The smallest absolute Gasteiger partial charge is 0.242 e. The molecule has 1 aromatic rings. The van der Waals surface area contributed by atoms with Crippen LogP contribution < -0.4 is 10.2 Å². The van der Waals surface area contributed by atoms with Gasteiger partial charge in [-0.1, -0.05) is 26.7 Å². The maximum absolute atomic E-state index is 13.1. The molecule has 148 valence electrons. The number of ether oxygens (including phenoxy) is 1. The fourth-order valence-electron chi connectivity index (χ4n) is 4.13. The van der Waals surface area contributed by atoms with Crippen LogP contribution in [0.3, 0.4) is 0 Å². The summed E-state index contributed by atoms with van der Waals surface area (Å²) in [6.45, 7) is 8.03. The molecular formula is C21H31N3O3. The topological polar surface area (TPSA) is 61.9 Å². The Bertz CT molecular complexity index is 637. The van der Waals surface area contributed by atoms with Crippen LogP contribution in [-0.2, 0) is 14.3 Å². The summed E-state index contributed by atoms with van der Waals surface area (Å²) in [7, 11) is 0. The summed E-state index contributed by atoms with van der Waals surface area (Å²) >= 11 is 0. The van der Waals surface area contributed by atoms with Crippen molar-refractivity contribution < 1.29 is 14.3 Å². The molecule has 1 unspecified atom stereocenters. The van der Waals surface area contributed by atoms with Crippen molar-refractivity contribution in [2.75, 3.05) is 43.1 Å². The van der Waals surface area contributed by atoms with E-state index >= 15 is 0 Å². The fourth-order valence-corrected chi connectivity index (χ4v) is 4.13. The van der Waals surface area contributed by atoms with Crippen LogP contribution in [0.15, 0.2) is 24.3 Å². The van der Waals surface area contributed by atoms with Gasteiger partial charge in [0.1, 0.15) is 0 Å². The molecule has 27 heavy (non-hydrogen) atoms. The maximum atomic E-state index is 13.1. The second kappa shape index (κ2) is 9.33. The van der Waals surface area contributed by atoms with Gasteiger partial charge < -0.3 is 15.0 Å². The number of morpholine rings is 1. The van der Waals surface area contributed by atoms with E-state index in [2.05, 4.69) is 24.1 Å². The molecule has 2 aliphatic rings. The fraction of sp³-hybridized carbons (Fsp3) is 0.619. The summed E-state index contributed by atoms with van der Waals surface area (Å²) in [6.07, 6.45) is 3.48. The third-order valence-corrected chi connectivity index (χ3v) is 5.72. The molecule has 0 radical (unpaired) electrons. The molecule has 0 spiro atoms. The van der Waals surface area contributed by atoms with Gasteiger partial charge in [-0.2, -0.15) is 0 Å². The number of carbonyl (C=O) groups is 2. The van der Waals surface area contributed by atoms with Crippen LogP contribution in [0.4, 0.5) is 11.4 Å². The average Bonchev–Trinajstić information content (AvgIpc) is 3.13. The van der Waals surface area contributed by atoms with Crippen LogP contribution >= 0.6 is 0 Å². The highest BCUT2D eigenvalue weighted by molar-refractivity contribution is 5.97. The van der Waals surface area contributed by atoms with Gasteiger partial charge in [-0.25, -0.2) is 0 Å². The van der Waals surface area contributed by atoms with Gasteiger partial charge in [0.15, 0.2) is 0 Å². The molecule has 2 amide bonds. The predicted octanol–water partition coefficient (Wildman–Crippen LogP) is 2.89. The monoisotopic (exact) mass is 373 g/mol. The molecule has 1 atom stereocenters. The highest BCUT2D eigenvalue weighted by Gasteiger charge is 2.33. The number of amides is 2. The van der Waals surface area contributed by atoms with Crippen LogP contribution in [0.1, 0.15) is 39.5 Å². The van der Waals surface area contributed by atoms with E-state index in [0.717, 1.165) is 50.3 Å². The number of benzene rings is 1. The molecule has 0 aliphatic carbocycles. The molecule has 0 aromatic heterocycles. The Morgan fingerprint density at radius 1 is 1.11 bits per heavy atom. The number of carbonyl (C=O) groups excluding carboxylic acids is 2. The number of anilines is 2. The van der Waals surface area contributed by atoms with Crippen molar-refractivity contribution in [2.24, 2.45) is 5.92 Å². The van der Waals surface area contributed by atoms with Crippen molar-refractivity contribution in [3.63, 3.8) is 0 Å². The largest absolute Gasteiger partial charge is 0.379 e. The van der Waals surface area contributed by atoms with E-state index in [1.165, 1.54) is 0 Å². The highest BCUT2D eigenvalue weighted by Crippen LogP contribution is 2.25. The Labute approximate surface area is 161 Å². The lowest BCUT2D eigenvalue weighted by molar-refractivity contribution is -0.125. The Kier molecular flexibility index (Phi) is 6.85. The molecule has 1 N–H and O–H groups in total. The number of nitrogens with one attached hydrogen (secondary N) is 1. The van der Waals surface area contributed by atoms with E-state index in [9.17, 15) is 9.59 Å². The van der Waals surface area contributed by atoms with Crippen molar-refractivity contribution in [1.82, 2.24) is 4.90 Å². The Morgan fingerprint density at radius 3 is 2.33 bits per heavy atom. The van der Waals surface area contributed by atoms with Crippen molar-refractivity contribution in [2.45, 2.75) is 45.6 Å². The SMILES string of the molecule is CCC(CC)C(C(=O)Nc1ccc(N2CCCC2=O)cc1)N1CCOCC1. The zero-order valence-electron chi connectivity index (χ0n) is 16.4. The van der Waals surface area contributed by atoms with Crippen molar-refractivity contribution in [1.29, 1.82) is 0 Å². The molecular weight excluding hydrogens is 342 g/mol. The zero-order chi connectivity index (χ0) is 19.2. The first kappa shape index (κ1) is 19.8. The predicted molar refractivity (Wildman–Crippen MR) is 107 cm³/mol. The third-order valence-electron chi connectivity index (χ3n) is 5.72. The molecule has 2 heterocycles. The highest BCUT2D eigenvalue weighted by atomic mass is 16.5. The molecule has 6 heteroatoms. The third kappa shape index (κ3) is 4.68. The minimum atomic E-state index is -0.135. The number of nitrogens with zero attached hydrogens (tertiary/aromatic N) is 2. The van der Waals surface area contributed by atoms with Gasteiger partial charge >= 0.3 is 0 Å². The van der Waals surface area contributed by atoms with E-state index in [1.807, 2.05) is 29.2 Å². The molecule has 6 nitrogen and oxygen atoms in total. The molecule has 1 aromatic carbocycles. The van der Waals surface area contributed by atoms with Gasteiger partial charge in [0.25, 0.3) is 0 Å². The van der Waals surface area contributed by atoms with Gasteiger partial charge in [-0.05, 0) is 36.6 Å². The van der Waals surface area contributed by atoms with Gasteiger partial charge in [0.2, 0.25) is 11.8 Å². The van der Waals surface area contributed by atoms with Crippen molar-refractivity contribution in [3.8, 4) is 0 Å². The summed E-state index contributed by atoms with van der Waals surface area (Å²) in [4.78, 5) is 29.1. The van der Waals surface area contributed by atoms with Crippen LogP contribution in [-0.4, -0.2) is 55.6 Å². The molecule has 2 fully saturated rings. The lowest BCUT2D eigenvalue weighted by Crippen LogP contribution is -2.52. The van der Waals surface area contributed by atoms with Crippen LogP contribution in [0.2, 0.25) is 0 Å². The Morgan fingerprint density at radius 2 is 1.78 bits per heavy atom. The van der Waals surface area contributed by atoms with Crippen LogP contribution in [0.5, 0.6) is 0 Å². The number of hydrogen-bond acceptors (Lipinski definition) is 4. The van der Waals surface area contributed by atoms with E-state index in [-0.39, 0.29) is 17.9 Å². The molecule has 3 rings (SSSR count). The maximum Gasteiger partial charge on any atom is 0.242 e. The van der Waals surface area contributed by atoms with Gasteiger partial charge in [-0.3, -0.25) is 14.5 Å². The lowest BCUT2D eigenvalue weighted by atomic mass is 9.91. The quantitative estimate of drug-likeness (QED) is 0.798. The summed E-state index contributed by atoms with van der Waals surface area (Å²) < 4.78 is 5.46. The first-order valence-electron chi connectivity index (χ1n) is 10.2. The summed E-state index contributed by atoms with van der Waals surface area (Å²) in [6, 6.07) is 7.48.